The number of carboxylic acids is 1. The number of Topliss-reactive ketones (excluding diaryl/α,β-unsaturated/α-hetero) is 1. The third-order valence-electron chi connectivity index (χ3n) is 2.43. The third kappa shape index (κ3) is 3.81. The molecule has 1 fully saturated rings. The second-order valence-corrected chi connectivity index (χ2v) is 4.40. The molecule has 1 aliphatic rings. The number of carbonyl (C=O) groups is 2. The molecule has 5 nitrogen and oxygen atoms in total. The summed E-state index contributed by atoms with van der Waals surface area (Å²) in [6.07, 6.45) is 2.99. The third-order valence-corrected chi connectivity index (χ3v) is 2.87. The van der Waals surface area contributed by atoms with Crippen LogP contribution in [-0.4, -0.2) is 34.1 Å². The highest BCUT2D eigenvalue weighted by atomic mass is 35.5. The SMILES string of the molecule is CC(=O)C(=NO[C@H]1CC[C@@H](Cl)CC1)C(=O)O. The second-order valence-electron chi connectivity index (χ2n) is 3.78. The molecule has 0 heterocycles. The van der Waals surface area contributed by atoms with Crippen molar-refractivity contribution in [1.82, 2.24) is 0 Å². The summed E-state index contributed by atoms with van der Waals surface area (Å²) < 4.78 is 0. The van der Waals surface area contributed by atoms with Gasteiger partial charge < -0.3 is 9.94 Å². The Bertz CT molecular complexity index is 292. The molecule has 0 aliphatic heterocycles. The van der Waals surface area contributed by atoms with E-state index in [1.165, 1.54) is 0 Å². The molecule has 0 aromatic rings. The maximum Gasteiger partial charge on any atom is 0.361 e. The Balaban J connectivity index is 2.50. The van der Waals surface area contributed by atoms with E-state index >= 15 is 0 Å². The molecule has 0 unspecified atom stereocenters. The number of nitrogens with zero attached hydrogens (tertiary/aromatic N) is 1. The van der Waals surface area contributed by atoms with Crippen LogP contribution in [0.1, 0.15) is 32.6 Å². The number of oxime groups is 1. The van der Waals surface area contributed by atoms with Crippen LogP contribution < -0.4 is 0 Å². The quantitative estimate of drug-likeness (QED) is 0.354. The van der Waals surface area contributed by atoms with Gasteiger partial charge in [-0.2, -0.15) is 0 Å². The number of halogens is 1. The molecule has 1 aliphatic carbocycles. The molecule has 0 bridgehead atoms. The first-order valence-electron chi connectivity index (χ1n) is 5.12. The topological polar surface area (TPSA) is 76.0 Å². The van der Waals surface area contributed by atoms with Gasteiger partial charge in [0, 0.05) is 12.3 Å². The Labute approximate surface area is 98.4 Å². The number of hydrogen-bond donors (Lipinski definition) is 1. The minimum Gasteiger partial charge on any atom is -0.476 e. The van der Waals surface area contributed by atoms with Gasteiger partial charge in [-0.1, -0.05) is 5.16 Å². The van der Waals surface area contributed by atoms with E-state index in [0.29, 0.717) is 0 Å². The minimum atomic E-state index is -1.36. The highest BCUT2D eigenvalue weighted by molar-refractivity contribution is 6.63. The number of ketones is 1. The van der Waals surface area contributed by atoms with Crippen LogP contribution in [0, 0.1) is 0 Å². The maximum absolute atomic E-state index is 10.9. The Morgan fingerprint density at radius 3 is 2.31 bits per heavy atom. The fourth-order valence-corrected chi connectivity index (χ4v) is 1.76. The van der Waals surface area contributed by atoms with Crippen LogP contribution in [0.25, 0.3) is 0 Å². The molecule has 16 heavy (non-hydrogen) atoms. The van der Waals surface area contributed by atoms with E-state index in [9.17, 15) is 9.59 Å². The molecule has 0 atom stereocenters. The first-order valence-corrected chi connectivity index (χ1v) is 5.56. The minimum absolute atomic E-state index is 0.135. The zero-order valence-electron chi connectivity index (χ0n) is 8.98. The van der Waals surface area contributed by atoms with Gasteiger partial charge in [0.2, 0.25) is 5.71 Å². The average Bonchev–Trinajstić information content (AvgIpc) is 2.20. The second kappa shape index (κ2) is 5.84. The summed E-state index contributed by atoms with van der Waals surface area (Å²) in [7, 11) is 0. The van der Waals surface area contributed by atoms with Crippen LogP contribution in [0.2, 0.25) is 0 Å². The summed E-state index contributed by atoms with van der Waals surface area (Å²) in [6, 6.07) is 0. The van der Waals surface area contributed by atoms with Crippen molar-refractivity contribution in [2.45, 2.75) is 44.1 Å². The van der Waals surface area contributed by atoms with Crippen molar-refractivity contribution in [3.05, 3.63) is 0 Å². The highest BCUT2D eigenvalue weighted by Crippen LogP contribution is 2.24. The van der Waals surface area contributed by atoms with Gasteiger partial charge >= 0.3 is 5.97 Å². The van der Waals surface area contributed by atoms with E-state index < -0.39 is 17.5 Å². The van der Waals surface area contributed by atoms with Crippen molar-refractivity contribution in [3.63, 3.8) is 0 Å². The summed E-state index contributed by atoms with van der Waals surface area (Å²) in [5, 5.41) is 12.2. The van der Waals surface area contributed by atoms with Gasteiger partial charge in [0.15, 0.2) is 5.78 Å². The van der Waals surface area contributed by atoms with Crippen molar-refractivity contribution in [3.8, 4) is 0 Å². The van der Waals surface area contributed by atoms with Gasteiger partial charge in [-0.15, -0.1) is 11.6 Å². The number of carbonyl (C=O) groups excluding carboxylic acids is 1. The van der Waals surface area contributed by atoms with Gasteiger partial charge in [0.05, 0.1) is 0 Å². The standard InChI is InChI=1S/C10H14ClNO4/c1-6(13)9(10(14)15)12-16-8-4-2-7(11)3-5-8/h7-8H,2-5H2,1H3,(H,14,15)/t7-,8+. The fourth-order valence-electron chi connectivity index (χ4n) is 1.51. The van der Waals surface area contributed by atoms with Crippen LogP contribution in [0.15, 0.2) is 5.16 Å². The summed E-state index contributed by atoms with van der Waals surface area (Å²) >= 11 is 5.91. The lowest BCUT2D eigenvalue weighted by molar-refractivity contribution is -0.130. The number of carboxylic acid groups (broad SMARTS) is 1. The van der Waals surface area contributed by atoms with Gasteiger partial charge in [-0.3, -0.25) is 4.79 Å². The van der Waals surface area contributed by atoms with Crippen molar-refractivity contribution in [2.24, 2.45) is 5.16 Å². The molecule has 1 rings (SSSR count). The molecule has 0 radical (unpaired) electrons. The number of rotatable bonds is 4. The van der Waals surface area contributed by atoms with Gasteiger partial charge in [-0.05, 0) is 25.7 Å². The Hall–Kier alpha value is -1.10. The van der Waals surface area contributed by atoms with Crippen molar-refractivity contribution in [2.75, 3.05) is 0 Å². The smallest absolute Gasteiger partial charge is 0.361 e. The van der Waals surface area contributed by atoms with Gasteiger partial charge in [0.1, 0.15) is 6.10 Å². The molecule has 0 saturated heterocycles. The summed E-state index contributed by atoms with van der Waals surface area (Å²) in [5.41, 5.74) is -0.562. The fraction of sp³-hybridized carbons (Fsp3) is 0.700. The molecule has 6 heteroatoms. The van der Waals surface area contributed by atoms with Crippen molar-refractivity contribution in [1.29, 1.82) is 0 Å². The Morgan fingerprint density at radius 1 is 1.31 bits per heavy atom. The molecule has 0 spiro atoms. The van der Waals surface area contributed by atoms with Crippen LogP contribution in [0.3, 0.4) is 0 Å². The highest BCUT2D eigenvalue weighted by Gasteiger charge is 2.22. The lowest BCUT2D eigenvalue weighted by atomic mass is 9.97. The lowest BCUT2D eigenvalue weighted by Crippen LogP contribution is -2.25. The lowest BCUT2D eigenvalue weighted by Gasteiger charge is -2.22. The molecule has 1 N–H and O–H groups in total. The Kier molecular flexibility index (Phi) is 4.73. The summed E-state index contributed by atoms with van der Waals surface area (Å²) in [6.45, 7) is 1.14. The predicted molar refractivity (Wildman–Crippen MR) is 58.7 cm³/mol. The van der Waals surface area contributed by atoms with E-state index in [1.807, 2.05) is 0 Å². The first kappa shape index (κ1) is 13.0. The largest absolute Gasteiger partial charge is 0.476 e. The number of hydrogen-bond acceptors (Lipinski definition) is 4. The van der Waals surface area contributed by atoms with E-state index in [-0.39, 0.29) is 11.5 Å². The summed E-state index contributed by atoms with van der Waals surface area (Å²) in [4.78, 5) is 26.6. The number of aliphatic carboxylic acids is 1. The van der Waals surface area contributed by atoms with E-state index in [1.54, 1.807) is 0 Å². The predicted octanol–water partition coefficient (Wildman–Crippen LogP) is 1.58. The van der Waals surface area contributed by atoms with Crippen LogP contribution >= 0.6 is 11.6 Å². The van der Waals surface area contributed by atoms with Crippen LogP contribution in [0.4, 0.5) is 0 Å². The average molecular weight is 248 g/mol. The summed E-state index contributed by atoms with van der Waals surface area (Å²) in [5.74, 6) is -1.97. The van der Waals surface area contributed by atoms with Gasteiger partial charge in [0.25, 0.3) is 0 Å². The van der Waals surface area contributed by atoms with E-state index in [0.717, 1.165) is 32.6 Å². The molecule has 0 aromatic heterocycles. The van der Waals surface area contributed by atoms with E-state index in [4.69, 9.17) is 21.5 Å². The molecule has 90 valence electrons. The Morgan fingerprint density at radius 2 is 1.88 bits per heavy atom. The first-order chi connectivity index (χ1) is 7.50. The molecule has 1 saturated carbocycles. The van der Waals surface area contributed by atoms with Crippen molar-refractivity contribution >= 4 is 29.1 Å². The number of alkyl halides is 1. The molecule has 0 aromatic carbocycles. The zero-order valence-corrected chi connectivity index (χ0v) is 9.74. The molecule has 0 amide bonds. The van der Waals surface area contributed by atoms with Crippen LogP contribution in [0.5, 0.6) is 0 Å². The maximum atomic E-state index is 10.9. The monoisotopic (exact) mass is 247 g/mol. The van der Waals surface area contributed by atoms with Crippen LogP contribution in [-0.2, 0) is 14.4 Å². The van der Waals surface area contributed by atoms with Gasteiger partial charge in [-0.25, -0.2) is 4.79 Å². The molecular weight excluding hydrogens is 234 g/mol. The normalized spacial score (nSPS) is 26.2. The molecular formula is C10H14ClNO4. The van der Waals surface area contributed by atoms with E-state index in [2.05, 4.69) is 5.16 Å². The zero-order chi connectivity index (χ0) is 12.1. The van der Waals surface area contributed by atoms with Crippen molar-refractivity contribution < 1.29 is 19.5 Å².